The van der Waals surface area contributed by atoms with Gasteiger partial charge in [0.2, 0.25) is 11.9 Å². The number of ether oxygens (including phenoxy) is 2. The van der Waals surface area contributed by atoms with Crippen LogP contribution < -0.4 is 20.5 Å². The smallest absolute Gasteiger partial charge is 0.253 e. The third-order valence-electron chi connectivity index (χ3n) is 8.05. The quantitative estimate of drug-likeness (QED) is 0.124. The van der Waals surface area contributed by atoms with Crippen molar-refractivity contribution in [2.24, 2.45) is 5.73 Å². The lowest BCUT2D eigenvalue weighted by Gasteiger charge is -2.29. The second kappa shape index (κ2) is 13.4. The van der Waals surface area contributed by atoms with E-state index in [1.165, 1.54) is 31.4 Å². The summed E-state index contributed by atoms with van der Waals surface area (Å²) in [6.07, 6.45) is 4.97. The second-order valence-corrected chi connectivity index (χ2v) is 11.9. The molecule has 0 bridgehead atoms. The van der Waals surface area contributed by atoms with Crippen LogP contribution in [0.25, 0.3) is 16.9 Å². The maximum Gasteiger partial charge on any atom is 0.253 e. The molecule has 1 aromatic carbocycles. The average Bonchev–Trinajstić information content (AvgIpc) is 3.83. The molecular weight excluding hydrogens is 665 g/mol. The third kappa shape index (κ3) is 6.74. The Bertz CT molecular complexity index is 2110. The molecule has 1 aliphatic rings. The standard InChI is InChI=1S/C34H30ClF3N6O5/c1-3-49-31-18(11-29(39)45)10-27(43-30(31)20-12-21(35)23(37)13-22(20)36)34(47,26-5-4-6-28(38)42-26)16-40-33(46)19-9-25(48-2)32-41-24(17-7-8-17)15-44(32)14-19/h4-6,9-10,12-15,17,47H,3,7-8,11,16H2,1-2H3,(H2,39,45)(H,40,46)/t34-/m1/s1. The molecule has 4 aromatic heterocycles. The molecule has 1 fully saturated rings. The number of imidazole rings is 1. The Morgan fingerprint density at radius 1 is 1.08 bits per heavy atom. The van der Waals surface area contributed by atoms with Gasteiger partial charge in [-0.25, -0.2) is 23.7 Å². The van der Waals surface area contributed by atoms with Gasteiger partial charge in [0.1, 0.15) is 23.1 Å². The molecule has 11 nitrogen and oxygen atoms in total. The highest BCUT2D eigenvalue weighted by Crippen LogP contribution is 2.41. The molecule has 1 atom stereocenters. The molecule has 0 spiro atoms. The summed E-state index contributed by atoms with van der Waals surface area (Å²) in [6.45, 7) is 1.03. The summed E-state index contributed by atoms with van der Waals surface area (Å²) in [4.78, 5) is 38.8. The molecule has 0 aliphatic heterocycles. The highest BCUT2D eigenvalue weighted by molar-refractivity contribution is 6.31. The summed E-state index contributed by atoms with van der Waals surface area (Å²) in [7, 11) is 1.45. The summed E-state index contributed by atoms with van der Waals surface area (Å²) in [6, 6.07) is 7.93. The number of nitrogens with two attached hydrogens (primary N) is 1. The number of hydrogen-bond acceptors (Lipinski definition) is 8. The van der Waals surface area contributed by atoms with Crippen molar-refractivity contribution in [2.75, 3.05) is 20.3 Å². The molecule has 0 saturated heterocycles. The highest BCUT2D eigenvalue weighted by atomic mass is 35.5. The largest absolute Gasteiger partial charge is 0.493 e. The molecule has 4 N–H and O–H groups in total. The number of amides is 2. The van der Waals surface area contributed by atoms with Crippen LogP contribution in [0, 0.1) is 17.6 Å². The number of benzene rings is 1. The van der Waals surface area contributed by atoms with E-state index in [0.29, 0.717) is 23.4 Å². The molecule has 15 heteroatoms. The lowest BCUT2D eigenvalue weighted by molar-refractivity contribution is -0.117. The van der Waals surface area contributed by atoms with Gasteiger partial charge < -0.3 is 30.0 Å². The van der Waals surface area contributed by atoms with Gasteiger partial charge in [0.15, 0.2) is 17.0 Å². The number of fused-ring (bicyclic) bond motifs is 1. The summed E-state index contributed by atoms with van der Waals surface area (Å²) in [5, 5.41) is 14.6. The van der Waals surface area contributed by atoms with Crippen LogP contribution in [0.15, 0.2) is 54.9 Å². The van der Waals surface area contributed by atoms with Crippen LogP contribution in [0.3, 0.4) is 0 Å². The Labute approximate surface area is 282 Å². The lowest BCUT2D eigenvalue weighted by Crippen LogP contribution is -2.43. The van der Waals surface area contributed by atoms with Crippen LogP contribution in [0.5, 0.6) is 11.5 Å². The first-order valence-electron chi connectivity index (χ1n) is 15.2. The molecule has 1 aliphatic carbocycles. The monoisotopic (exact) mass is 694 g/mol. The minimum atomic E-state index is -2.40. The van der Waals surface area contributed by atoms with E-state index >= 15 is 4.39 Å². The number of carbonyl (C=O) groups excluding carboxylic acids is 2. The van der Waals surface area contributed by atoms with E-state index in [9.17, 15) is 23.5 Å². The molecule has 0 radical (unpaired) electrons. The minimum absolute atomic E-state index is 0.0367. The molecule has 1 saturated carbocycles. The number of nitrogens with zero attached hydrogens (tertiary/aromatic N) is 4. The Morgan fingerprint density at radius 3 is 2.53 bits per heavy atom. The minimum Gasteiger partial charge on any atom is -0.493 e. The normalized spacial score (nSPS) is 14.0. The van der Waals surface area contributed by atoms with Gasteiger partial charge in [0.25, 0.3) is 5.91 Å². The van der Waals surface area contributed by atoms with Gasteiger partial charge in [-0.3, -0.25) is 9.59 Å². The Balaban J connectivity index is 1.47. The van der Waals surface area contributed by atoms with Gasteiger partial charge in [-0.1, -0.05) is 17.7 Å². The topological polar surface area (TPSA) is 154 Å². The van der Waals surface area contributed by atoms with Crippen molar-refractivity contribution in [1.82, 2.24) is 24.7 Å². The molecule has 254 valence electrons. The number of hydrogen-bond donors (Lipinski definition) is 3. The van der Waals surface area contributed by atoms with E-state index in [-0.39, 0.29) is 46.1 Å². The number of nitrogens with one attached hydrogen (secondary N) is 1. The highest BCUT2D eigenvalue weighted by Gasteiger charge is 2.38. The van der Waals surface area contributed by atoms with Gasteiger partial charge in [0, 0.05) is 35.5 Å². The fraction of sp³-hybridized carbons (Fsp3) is 0.265. The Morgan fingerprint density at radius 2 is 1.86 bits per heavy atom. The van der Waals surface area contributed by atoms with E-state index in [0.717, 1.165) is 30.7 Å². The number of primary amides is 1. The van der Waals surface area contributed by atoms with Crippen molar-refractivity contribution in [1.29, 1.82) is 0 Å². The van der Waals surface area contributed by atoms with Crippen LogP contribution in [0.4, 0.5) is 13.2 Å². The van der Waals surface area contributed by atoms with Crippen molar-refractivity contribution < 1.29 is 37.3 Å². The third-order valence-corrected chi connectivity index (χ3v) is 8.34. The Kier molecular flexibility index (Phi) is 9.18. The van der Waals surface area contributed by atoms with E-state index in [1.807, 2.05) is 6.20 Å². The first-order chi connectivity index (χ1) is 23.4. The number of carbonyl (C=O) groups is 2. The summed E-state index contributed by atoms with van der Waals surface area (Å²) < 4.78 is 57.0. The SMILES string of the molecule is CCOc1c(CC(N)=O)cc([C@@](O)(CNC(=O)c2cc(OC)c3nc(C4CC4)cn3c2)c2cccc(F)n2)nc1-c1cc(Cl)c(F)cc1F. The van der Waals surface area contributed by atoms with Gasteiger partial charge in [-0.2, -0.15) is 4.39 Å². The molecule has 4 heterocycles. The first-order valence-corrected chi connectivity index (χ1v) is 15.6. The van der Waals surface area contributed by atoms with Gasteiger partial charge >= 0.3 is 0 Å². The van der Waals surface area contributed by atoms with Crippen molar-refractivity contribution in [2.45, 2.75) is 37.7 Å². The van der Waals surface area contributed by atoms with Gasteiger partial charge in [0.05, 0.1) is 54.4 Å². The zero-order valence-electron chi connectivity index (χ0n) is 26.3. The first kappa shape index (κ1) is 33.7. The van der Waals surface area contributed by atoms with E-state index in [2.05, 4.69) is 20.3 Å². The zero-order chi connectivity index (χ0) is 35.0. The van der Waals surface area contributed by atoms with Crippen LogP contribution >= 0.6 is 11.6 Å². The van der Waals surface area contributed by atoms with Crippen molar-refractivity contribution in [3.63, 3.8) is 0 Å². The zero-order valence-corrected chi connectivity index (χ0v) is 27.0. The average molecular weight is 695 g/mol. The second-order valence-electron chi connectivity index (χ2n) is 11.5. The number of rotatable bonds is 12. The predicted molar refractivity (Wildman–Crippen MR) is 172 cm³/mol. The van der Waals surface area contributed by atoms with Crippen LogP contribution in [-0.2, 0) is 16.8 Å². The number of aromatic nitrogens is 4. The number of methoxy groups -OCH3 is 1. The fourth-order valence-electron chi connectivity index (χ4n) is 5.51. The number of pyridine rings is 3. The van der Waals surface area contributed by atoms with Crippen molar-refractivity contribution >= 4 is 29.1 Å². The van der Waals surface area contributed by atoms with E-state index < -0.39 is 53.0 Å². The van der Waals surface area contributed by atoms with Gasteiger partial charge in [-0.15, -0.1) is 0 Å². The lowest BCUT2D eigenvalue weighted by atomic mass is 9.91. The number of aliphatic hydroxyl groups is 1. The molecular formula is C34H30ClF3N6O5. The maximum atomic E-state index is 15.3. The van der Waals surface area contributed by atoms with Gasteiger partial charge in [-0.05, 0) is 50.1 Å². The van der Waals surface area contributed by atoms with Crippen molar-refractivity contribution in [3.05, 3.63) is 106 Å². The summed E-state index contributed by atoms with van der Waals surface area (Å²) >= 11 is 6.01. The Hall–Kier alpha value is -5.21. The fourth-order valence-corrected chi connectivity index (χ4v) is 5.67. The molecule has 6 rings (SSSR count). The van der Waals surface area contributed by atoms with Crippen LogP contribution in [-0.4, -0.2) is 56.5 Å². The summed E-state index contributed by atoms with van der Waals surface area (Å²) in [5.41, 5.74) is 3.59. The molecule has 2 amide bonds. The summed E-state index contributed by atoms with van der Waals surface area (Å²) in [5.74, 6) is -3.93. The predicted octanol–water partition coefficient (Wildman–Crippen LogP) is 4.84. The van der Waals surface area contributed by atoms with E-state index in [4.69, 9.17) is 26.8 Å². The molecule has 49 heavy (non-hydrogen) atoms. The van der Waals surface area contributed by atoms with Crippen molar-refractivity contribution in [3.8, 4) is 22.8 Å². The molecule has 5 aromatic rings. The van der Waals surface area contributed by atoms with Crippen LogP contribution in [0.1, 0.15) is 58.7 Å². The van der Waals surface area contributed by atoms with E-state index in [1.54, 1.807) is 17.5 Å². The van der Waals surface area contributed by atoms with Crippen LogP contribution in [0.2, 0.25) is 5.02 Å². The molecule has 0 unspecified atom stereocenters. The maximum absolute atomic E-state index is 15.3. The number of halogens is 4.